The third kappa shape index (κ3) is 7.78. The lowest BCUT2D eigenvalue weighted by Gasteiger charge is -2.40. The zero-order valence-corrected chi connectivity index (χ0v) is 22.0. The molecule has 1 atom stereocenters. The summed E-state index contributed by atoms with van der Waals surface area (Å²) in [5, 5.41) is 0. The zero-order valence-electron chi connectivity index (χ0n) is 20.3. The van der Waals surface area contributed by atoms with Gasteiger partial charge in [0, 0.05) is 38.6 Å². The summed E-state index contributed by atoms with van der Waals surface area (Å²) in [6, 6.07) is 19.4. The van der Waals surface area contributed by atoms with Gasteiger partial charge in [-0.15, -0.1) is 12.4 Å². The number of benzene rings is 2. The molecule has 0 radical (unpaired) electrons. The fourth-order valence-corrected chi connectivity index (χ4v) is 6.33. The van der Waals surface area contributed by atoms with Gasteiger partial charge in [0.1, 0.15) is 0 Å². The predicted octanol–water partition coefficient (Wildman–Crippen LogP) is 4.43. The number of nitrogens with one attached hydrogen (secondary N) is 1. The monoisotopic (exact) mass is 519 g/mol. The van der Waals surface area contributed by atoms with Gasteiger partial charge in [-0.3, -0.25) is 4.79 Å². The number of piperidine rings is 2. The Kier molecular flexibility index (Phi) is 10.6. The van der Waals surface area contributed by atoms with Crippen LogP contribution in [-0.2, 0) is 14.8 Å². The minimum Gasteiger partial charge on any atom is -0.340 e. The molecule has 1 amide bonds. The van der Waals surface area contributed by atoms with E-state index in [4.69, 9.17) is 0 Å². The van der Waals surface area contributed by atoms with E-state index in [2.05, 4.69) is 38.8 Å². The summed E-state index contributed by atoms with van der Waals surface area (Å²) in [4.78, 5) is 17.2. The lowest BCUT2D eigenvalue weighted by Crippen LogP contribution is -2.49. The van der Waals surface area contributed by atoms with Gasteiger partial charge in [0.25, 0.3) is 0 Å². The van der Waals surface area contributed by atoms with Gasteiger partial charge in [-0.2, -0.15) is 0 Å². The average Bonchev–Trinajstić information content (AvgIpc) is 2.88. The fourth-order valence-electron chi connectivity index (χ4n) is 5.26. The van der Waals surface area contributed by atoms with Crippen LogP contribution in [0.25, 0.3) is 0 Å². The maximum atomic E-state index is 12.6. The lowest BCUT2D eigenvalue weighted by molar-refractivity contribution is -0.136. The molecule has 0 saturated carbocycles. The molecule has 1 N–H and O–H groups in total. The highest BCUT2D eigenvalue weighted by Crippen LogP contribution is 2.26. The molecule has 2 aromatic rings. The van der Waals surface area contributed by atoms with Crippen molar-refractivity contribution in [2.24, 2.45) is 0 Å². The summed E-state index contributed by atoms with van der Waals surface area (Å²) in [6.07, 6.45) is 6.75. The van der Waals surface area contributed by atoms with Gasteiger partial charge in [-0.05, 0) is 68.7 Å². The predicted molar refractivity (Wildman–Crippen MR) is 142 cm³/mol. The first-order valence-corrected chi connectivity index (χ1v) is 14.1. The molecule has 2 aliphatic heterocycles. The molecule has 2 saturated heterocycles. The zero-order chi connectivity index (χ0) is 23.8. The second kappa shape index (κ2) is 13.4. The van der Waals surface area contributed by atoms with E-state index in [1.54, 1.807) is 24.3 Å². The first-order chi connectivity index (χ1) is 16.5. The first-order valence-electron chi connectivity index (χ1n) is 12.6. The van der Waals surface area contributed by atoms with Crippen LogP contribution in [0.2, 0.25) is 0 Å². The molecule has 4 rings (SSSR count). The first kappa shape index (κ1) is 27.7. The quantitative estimate of drug-likeness (QED) is 0.504. The standard InChI is InChI=1S/C27H37N3O3S.ClH/c31-27-13-7-8-19-30(27)25-16-21-29(22-17-25)20-15-24(23-9-3-1-4-10-23)14-18-28-34(32,33)26-11-5-2-6-12-26;/h1-6,9-12,24-25,28H,7-8,13-22H2;1H. The van der Waals surface area contributed by atoms with E-state index in [9.17, 15) is 13.2 Å². The van der Waals surface area contributed by atoms with Gasteiger partial charge in [0.05, 0.1) is 4.90 Å². The summed E-state index contributed by atoms with van der Waals surface area (Å²) in [6.45, 7) is 4.38. The third-order valence-corrected chi connectivity index (χ3v) is 8.74. The van der Waals surface area contributed by atoms with Crippen molar-refractivity contribution in [3.63, 3.8) is 0 Å². The Balaban J connectivity index is 0.00000342. The molecule has 2 aliphatic rings. The van der Waals surface area contributed by atoms with Gasteiger partial charge < -0.3 is 9.80 Å². The number of carbonyl (C=O) groups is 1. The highest BCUT2D eigenvalue weighted by Gasteiger charge is 2.29. The fraction of sp³-hybridized carbons (Fsp3) is 0.519. The smallest absolute Gasteiger partial charge is 0.240 e. The molecule has 8 heteroatoms. The number of hydrogen-bond acceptors (Lipinski definition) is 4. The van der Waals surface area contributed by atoms with Gasteiger partial charge in [0.15, 0.2) is 0 Å². The molecule has 0 aromatic heterocycles. The molecule has 1 unspecified atom stereocenters. The SMILES string of the molecule is Cl.O=C1CCCCN1C1CCN(CCC(CCNS(=O)(=O)c2ccccc2)c2ccccc2)CC1. The van der Waals surface area contributed by atoms with E-state index in [-0.39, 0.29) is 12.4 Å². The highest BCUT2D eigenvalue weighted by atomic mass is 35.5. The molecule has 0 aliphatic carbocycles. The lowest BCUT2D eigenvalue weighted by atomic mass is 9.92. The van der Waals surface area contributed by atoms with Crippen LogP contribution < -0.4 is 4.72 Å². The summed E-state index contributed by atoms with van der Waals surface area (Å²) >= 11 is 0. The Labute approximate surface area is 216 Å². The van der Waals surface area contributed by atoms with Crippen LogP contribution in [0, 0.1) is 0 Å². The molecule has 35 heavy (non-hydrogen) atoms. The Morgan fingerprint density at radius 2 is 1.54 bits per heavy atom. The van der Waals surface area contributed by atoms with Crippen LogP contribution >= 0.6 is 12.4 Å². The average molecular weight is 520 g/mol. The Morgan fingerprint density at radius 3 is 2.20 bits per heavy atom. The van der Waals surface area contributed by atoms with E-state index < -0.39 is 10.0 Å². The molecule has 2 fully saturated rings. The van der Waals surface area contributed by atoms with E-state index >= 15 is 0 Å². The van der Waals surface area contributed by atoms with Crippen LogP contribution in [0.1, 0.15) is 56.4 Å². The van der Waals surface area contributed by atoms with E-state index in [1.807, 2.05) is 12.1 Å². The maximum absolute atomic E-state index is 12.6. The number of nitrogens with zero attached hydrogens (tertiary/aromatic N) is 2. The van der Waals surface area contributed by atoms with Crippen molar-refractivity contribution in [1.82, 2.24) is 14.5 Å². The number of carbonyl (C=O) groups excluding carboxylic acids is 1. The van der Waals surface area contributed by atoms with Crippen molar-refractivity contribution in [2.45, 2.75) is 61.8 Å². The molecular weight excluding hydrogens is 482 g/mol. The molecule has 2 aromatic carbocycles. The van der Waals surface area contributed by atoms with Crippen molar-refractivity contribution in [2.75, 3.05) is 32.7 Å². The number of halogens is 1. The number of rotatable bonds is 10. The summed E-state index contributed by atoms with van der Waals surface area (Å²) in [5.74, 6) is 0.632. The van der Waals surface area contributed by atoms with Gasteiger partial charge >= 0.3 is 0 Å². The highest BCUT2D eigenvalue weighted by molar-refractivity contribution is 7.89. The summed E-state index contributed by atoms with van der Waals surface area (Å²) in [5.41, 5.74) is 1.26. The second-order valence-corrected chi connectivity index (χ2v) is 11.3. The van der Waals surface area contributed by atoms with Crippen molar-refractivity contribution in [1.29, 1.82) is 0 Å². The molecule has 0 spiro atoms. The Bertz CT molecular complexity index is 1010. The third-order valence-electron chi connectivity index (χ3n) is 7.26. The number of hydrogen-bond donors (Lipinski definition) is 1. The normalized spacial score (nSPS) is 18.7. The van der Waals surface area contributed by atoms with Crippen molar-refractivity contribution >= 4 is 28.3 Å². The molecule has 192 valence electrons. The van der Waals surface area contributed by atoms with E-state index in [0.717, 1.165) is 64.7 Å². The van der Waals surface area contributed by atoms with Gasteiger partial charge in [0.2, 0.25) is 15.9 Å². The largest absolute Gasteiger partial charge is 0.340 e. The Morgan fingerprint density at radius 1 is 0.886 bits per heavy atom. The Hall–Kier alpha value is -1.93. The topological polar surface area (TPSA) is 69.7 Å². The summed E-state index contributed by atoms with van der Waals surface area (Å²) in [7, 11) is -3.49. The van der Waals surface area contributed by atoms with Crippen LogP contribution in [0.15, 0.2) is 65.6 Å². The van der Waals surface area contributed by atoms with Crippen molar-refractivity contribution in [3.8, 4) is 0 Å². The maximum Gasteiger partial charge on any atom is 0.240 e. The number of likely N-dealkylation sites (tertiary alicyclic amines) is 2. The minimum atomic E-state index is -3.49. The molecular formula is C27H38ClN3O3S. The van der Waals surface area contributed by atoms with Crippen molar-refractivity contribution < 1.29 is 13.2 Å². The summed E-state index contributed by atoms with van der Waals surface area (Å²) < 4.78 is 28.0. The molecule has 2 heterocycles. The van der Waals surface area contributed by atoms with E-state index in [0.29, 0.717) is 35.7 Å². The van der Waals surface area contributed by atoms with Crippen LogP contribution in [0.4, 0.5) is 0 Å². The van der Waals surface area contributed by atoms with Gasteiger partial charge in [-0.1, -0.05) is 48.5 Å². The van der Waals surface area contributed by atoms with Crippen LogP contribution in [-0.4, -0.2) is 62.9 Å². The second-order valence-electron chi connectivity index (χ2n) is 9.51. The van der Waals surface area contributed by atoms with Crippen LogP contribution in [0.3, 0.4) is 0 Å². The molecule has 0 bridgehead atoms. The van der Waals surface area contributed by atoms with Crippen molar-refractivity contribution in [3.05, 3.63) is 66.2 Å². The van der Waals surface area contributed by atoms with E-state index in [1.165, 1.54) is 5.56 Å². The van der Waals surface area contributed by atoms with Gasteiger partial charge in [-0.25, -0.2) is 13.1 Å². The number of sulfonamides is 1. The number of amides is 1. The van der Waals surface area contributed by atoms with Crippen LogP contribution in [0.5, 0.6) is 0 Å². The minimum absolute atomic E-state index is 0. The molecule has 6 nitrogen and oxygen atoms in total.